The highest BCUT2D eigenvalue weighted by Gasteiger charge is 2.27. The highest BCUT2D eigenvalue weighted by Crippen LogP contribution is 2.36. The minimum atomic E-state index is 0.468. The first-order chi connectivity index (χ1) is 16.5. The fourth-order valence-electron chi connectivity index (χ4n) is 4.11. The Labute approximate surface area is 208 Å². The summed E-state index contributed by atoms with van der Waals surface area (Å²) in [6.45, 7) is 7.74. The summed E-state index contributed by atoms with van der Waals surface area (Å²) in [6, 6.07) is 7.82. The minimum Gasteiger partial charge on any atom is -0.336 e. The van der Waals surface area contributed by atoms with Crippen LogP contribution in [-0.4, -0.2) is 30.0 Å². The summed E-state index contributed by atoms with van der Waals surface area (Å²) in [4.78, 5) is 10.4. The molecule has 1 aliphatic rings. The normalized spacial score (nSPS) is 12.4. The number of thiophene rings is 1. The maximum atomic E-state index is 6.15. The first-order valence-corrected chi connectivity index (χ1v) is 12.6. The summed E-state index contributed by atoms with van der Waals surface area (Å²) in [7, 11) is 0. The van der Waals surface area contributed by atoms with E-state index >= 15 is 0 Å². The van der Waals surface area contributed by atoms with Crippen molar-refractivity contribution in [3.63, 3.8) is 0 Å². The monoisotopic (exact) mass is 488 g/mol. The van der Waals surface area contributed by atoms with Crippen LogP contribution in [0.1, 0.15) is 65.1 Å². The Bertz CT molecular complexity index is 1430. The molecule has 4 aromatic rings. The van der Waals surface area contributed by atoms with Gasteiger partial charge in [0.2, 0.25) is 0 Å². The Morgan fingerprint density at radius 2 is 1.91 bits per heavy atom. The molecular weight excluding hydrogens is 464 g/mol. The number of aromatic nitrogens is 5. The average molecular weight is 489 g/mol. The summed E-state index contributed by atoms with van der Waals surface area (Å²) in [6.07, 6.45) is 7.48. The van der Waals surface area contributed by atoms with Gasteiger partial charge in [0, 0.05) is 28.9 Å². The second-order valence-electron chi connectivity index (χ2n) is 8.36. The van der Waals surface area contributed by atoms with E-state index in [0.717, 1.165) is 62.6 Å². The molecule has 0 bridgehead atoms. The molecular formula is C26H25ClN6S. The lowest BCUT2D eigenvalue weighted by Crippen LogP contribution is -2.07. The van der Waals surface area contributed by atoms with Gasteiger partial charge in [-0.2, -0.15) is 0 Å². The van der Waals surface area contributed by atoms with Crippen molar-refractivity contribution in [2.24, 2.45) is 4.99 Å². The van der Waals surface area contributed by atoms with Crippen molar-refractivity contribution >= 4 is 28.6 Å². The van der Waals surface area contributed by atoms with E-state index in [1.54, 1.807) is 11.3 Å². The summed E-state index contributed by atoms with van der Waals surface area (Å²) >= 11 is 7.79. The van der Waals surface area contributed by atoms with Crippen LogP contribution in [0.15, 0.2) is 41.8 Å². The highest BCUT2D eigenvalue weighted by atomic mass is 35.5. The van der Waals surface area contributed by atoms with Crippen molar-refractivity contribution in [3.8, 4) is 16.8 Å². The molecule has 6 nitrogen and oxygen atoms in total. The molecule has 5 rings (SSSR count). The van der Waals surface area contributed by atoms with E-state index < -0.39 is 0 Å². The molecule has 0 saturated heterocycles. The topological polar surface area (TPSA) is 60.9 Å². The number of halogens is 1. The van der Waals surface area contributed by atoms with Gasteiger partial charge in [0.1, 0.15) is 23.1 Å². The number of nitrogens with zero attached hydrogens (tertiary/aromatic N) is 6. The first-order valence-electron chi connectivity index (χ1n) is 11.4. The third-order valence-electron chi connectivity index (χ3n) is 5.91. The molecule has 4 heterocycles. The van der Waals surface area contributed by atoms with Gasteiger partial charge < -0.3 is 4.57 Å². The second-order valence-corrected chi connectivity index (χ2v) is 9.80. The van der Waals surface area contributed by atoms with Crippen molar-refractivity contribution in [2.45, 2.75) is 53.1 Å². The van der Waals surface area contributed by atoms with E-state index in [-0.39, 0.29) is 0 Å². The Kier molecular flexibility index (Phi) is 6.36. The molecule has 34 heavy (non-hydrogen) atoms. The fraction of sp³-hybridized carbons (Fsp3) is 0.308. The number of fused-ring (bicyclic) bond motifs is 3. The SMILES string of the molecule is CCCCCn1cnc(C#Cc2sc3c(c2C)C(c2ccc(Cl)cc2)=NCc2nnc(C)n2-3)c1. The molecule has 0 unspecified atom stereocenters. The maximum absolute atomic E-state index is 6.15. The van der Waals surface area contributed by atoms with Gasteiger partial charge in [-0.25, -0.2) is 4.98 Å². The summed E-state index contributed by atoms with van der Waals surface area (Å²) < 4.78 is 4.22. The third kappa shape index (κ3) is 4.31. The largest absolute Gasteiger partial charge is 0.336 e. The van der Waals surface area contributed by atoms with Gasteiger partial charge in [-0.3, -0.25) is 9.56 Å². The number of unbranched alkanes of at least 4 members (excludes halogenated alkanes) is 2. The van der Waals surface area contributed by atoms with E-state index in [0.29, 0.717) is 11.6 Å². The summed E-state index contributed by atoms with van der Waals surface area (Å²) in [5, 5.41) is 10.4. The maximum Gasteiger partial charge on any atom is 0.160 e. The molecule has 1 aliphatic heterocycles. The van der Waals surface area contributed by atoms with Crippen molar-refractivity contribution in [2.75, 3.05) is 0 Å². The van der Waals surface area contributed by atoms with Gasteiger partial charge in [0.15, 0.2) is 5.82 Å². The van der Waals surface area contributed by atoms with Gasteiger partial charge in [-0.1, -0.05) is 43.5 Å². The van der Waals surface area contributed by atoms with E-state index in [4.69, 9.17) is 16.6 Å². The molecule has 8 heteroatoms. The van der Waals surface area contributed by atoms with Crippen LogP contribution in [-0.2, 0) is 13.1 Å². The minimum absolute atomic E-state index is 0.468. The number of hydrogen-bond donors (Lipinski definition) is 0. The average Bonchev–Trinajstić information content (AvgIpc) is 3.49. The van der Waals surface area contributed by atoms with Crippen LogP contribution < -0.4 is 0 Å². The van der Waals surface area contributed by atoms with Crippen LogP contribution in [0, 0.1) is 25.7 Å². The number of aryl methyl sites for hydroxylation is 2. The lowest BCUT2D eigenvalue weighted by atomic mass is 10.00. The van der Waals surface area contributed by atoms with Crippen molar-refractivity contribution < 1.29 is 0 Å². The Balaban J connectivity index is 1.56. The number of rotatable bonds is 5. The molecule has 1 aromatic carbocycles. The van der Waals surface area contributed by atoms with Gasteiger partial charge in [-0.15, -0.1) is 21.5 Å². The third-order valence-corrected chi connectivity index (χ3v) is 7.36. The van der Waals surface area contributed by atoms with Crippen LogP contribution in [0.3, 0.4) is 0 Å². The smallest absolute Gasteiger partial charge is 0.160 e. The quantitative estimate of drug-likeness (QED) is 0.266. The van der Waals surface area contributed by atoms with Crippen LogP contribution in [0.5, 0.6) is 0 Å². The Morgan fingerprint density at radius 3 is 2.71 bits per heavy atom. The number of hydrogen-bond acceptors (Lipinski definition) is 5. The van der Waals surface area contributed by atoms with E-state index in [1.165, 1.54) is 12.8 Å². The summed E-state index contributed by atoms with van der Waals surface area (Å²) in [5.41, 5.74) is 4.91. The molecule has 0 spiro atoms. The van der Waals surface area contributed by atoms with Crippen LogP contribution in [0.25, 0.3) is 5.00 Å². The lowest BCUT2D eigenvalue weighted by molar-refractivity contribution is 0.602. The van der Waals surface area contributed by atoms with Gasteiger partial charge >= 0.3 is 0 Å². The zero-order valence-corrected chi connectivity index (χ0v) is 21.0. The molecule has 0 atom stereocenters. The highest BCUT2D eigenvalue weighted by molar-refractivity contribution is 7.15. The number of imidazole rings is 1. The number of aliphatic imine (C=N–C) groups is 1. The molecule has 172 valence electrons. The van der Waals surface area contributed by atoms with Crippen molar-refractivity contribution in [3.05, 3.63) is 80.7 Å². The predicted octanol–water partition coefficient (Wildman–Crippen LogP) is 5.74. The zero-order valence-electron chi connectivity index (χ0n) is 19.5. The molecule has 0 radical (unpaired) electrons. The summed E-state index contributed by atoms with van der Waals surface area (Å²) in [5.74, 6) is 8.31. The first kappa shape index (κ1) is 22.6. The Morgan fingerprint density at radius 1 is 1.09 bits per heavy atom. The zero-order chi connectivity index (χ0) is 23.7. The predicted molar refractivity (Wildman–Crippen MR) is 137 cm³/mol. The van der Waals surface area contributed by atoms with Crippen molar-refractivity contribution in [1.29, 1.82) is 0 Å². The second kappa shape index (κ2) is 9.57. The van der Waals surface area contributed by atoms with E-state index in [2.05, 4.69) is 50.0 Å². The fourth-order valence-corrected chi connectivity index (χ4v) is 5.47. The molecule has 0 saturated carbocycles. The van der Waals surface area contributed by atoms with Gasteiger partial charge in [0.25, 0.3) is 0 Å². The van der Waals surface area contributed by atoms with E-state index in [1.807, 2.05) is 43.7 Å². The molecule has 0 aliphatic carbocycles. The van der Waals surface area contributed by atoms with E-state index in [9.17, 15) is 0 Å². The van der Waals surface area contributed by atoms with Crippen molar-refractivity contribution in [1.82, 2.24) is 24.3 Å². The van der Waals surface area contributed by atoms with Gasteiger partial charge in [0.05, 0.1) is 16.9 Å². The Hall–Kier alpha value is -3.21. The number of benzene rings is 1. The van der Waals surface area contributed by atoms with Gasteiger partial charge in [-0.05, 0) is 49.8 Å². The lowest BCUT2D eigenvalue weighted by Gasteiger charge is -2.09. The molecule has 0 fully saturated rings. The van der Waals surface area contributed by atoms with Crippen LogP contribution in [0.2, 0.25) is 5.02 Å². The van der Waals surface area contributed by atoms with Crippen LogP contribution >= 0.6 is 22.9 Å². The molecule has 3 aromatic heterocycles. The molecule has 0 amide bonds. The standard InChI is InChI=1S/C26H25ClN6S/c1-4-5-6-13-32-15-21(29-16-32)11-12-22-17(2)24-25(19-7-9-20(27)10-8-19)28-14-23-31-30-18(3)33(23)26(24)34-22/h7-10,15-16H,4-6,13-14H2,1-3H3. The van der Waals surface area contributed by atoms with Crippen LogP contribution in [0.4, 0.5) is 0 Å². The molecule has 0 N–H and O–H groups in total.